The quantitative estimate of drug-likeness (QED) is 0.362. The van der Waals surface area contributed by atoms with E-state index in [1.165, 1.54) is 19.1 Å². The zero-order chi connectivity index (χ0) is 15.2. The molecule has 0 aromatic heterocycles. The number of sulfonamides is 1. The molecule has 0 aliphatic rings. The zero-order valence-electron chi connectivity index (χ0n) is 11.7. The summed E-state index contributed by atoms with van der Waals surface area (Å²) in [6.45, 7) is 7.28. The lowest BCUT2D eigenvalue weighted by atomic mass is 10.3. The van der Waals surface area contributed by atoms with E-state index in [2.05, 4.69) is 11.3 Å². The number of nitrogens with one attached hydrogen (secondary N) is 1. The van der Waals surface area contributed by atoms with Crippen LogP contribution in [0.3, 0.4) is 0 Å². The number of hydrogen-bond donors (Lipinski definition) is 1. The molecule has 1 aromatic rings. The standard InChI is InChI=1S/C14H19NO4S/c1-4-5-10-15-20(17,18)13-9-7-6-8-12(13)19-14(16)11(2)3/h6-9,15H,2,4-5,10H2,1,3H3. The Hall–Kier alpha value is -1.66. The monoisotopic (exact) mass is 297 g/mol. The third-order valence-electron chi connectivity index (χ3n) is 2.51. The van der Waals surface area contributed by atoms with Gasteiger partial charge >= 0.3 is 5.97 Å². The lowest BCUT2D eigenvalue weighted by Crippen LogP contribution is -2.25. The van der Waals surface area contributed by atoms with Gasteiger partial charge in [0.25, 0.3) is 0 Å². The fourth-order valence-electron chi connectivity index (χ4n) is 1.40. The van der Waals surface area contributed by atoms with Crippen LogP contribution in [0.25, 0.3) is 0 Å². The van der Waals surface area contributed by atoms with Gasteiger partial charge in [0.15, 0.2) is 5.75 Å². The van der Waals surface area contributed by atoms with Crippen LogP contribution < -0.4 is 9.46 Å². The SMILES string of the molecule is C=C(C)C(=O)Oc1ccccc1S(=O)(=O)NCCCC. The Labute approximate surface area is 119 Å². The summed E-state index contributed by atoms with van der Waals surface area (Å²) in [4.78, 5) is 11.5. The molecule has 0 aliphatic carbocycles. The summed E-state index contributed by atoms with van der Waals surface area (Å²) in [6.07, 6.45) is 1.63. The lowest BCUT2D eigenvalue weighted by Gasteiger charge is -2.11. The summed E-state index contributed by atoms with van der Waals surface area (Å²) >= 11 is 0. The average molecular weight is 297 g/mol. The van der Waals surface area contributed by atoms with E-state index in [0.717, 1.165) is 12.8 Å². The number of ether oxygens (including phenoxy) is 1. The highest BCUT2D eigenvalue weighted by Gasteiger charge is 2.20. The largest absolute Gasteiger partial charge is 0.422 e. The number of carbonyl (C=O) groups is 1. The van der Waals surface area contributed by atoms with Crippen molar-refractivity contribution in [1.29, 1.82) is 0 Å². The van der Waals surface area contributed by atoms with Gasteiger partial charge in [0.2, 0.25) is 10.0 Å². The van der Waals surface area contributed by atoms with Gasteiger partial charge in [-0.1, -0.05) is 32.1 Å². The van der Waals surface area contributed by atoms with Crippen LogP contribution >= 0.6 is 0 Å². The summed E-state index contributed by atoms with van der Waals surface area (Å²) < 4.78 is 31.8. The molecule has 0 saturated carbocycles. The van der Waals surface area contributed by atoms with E-state index in [4.69, 9.17) is 4.74 Å². The minimum atomic E-state index is -3.69. The summed E-state index contributed by atoms with van der Waals surface area (Å²) in [5, 5.41) is 0. The first-order chi connectivity index (χ1) is 9.38. The molecule has 1 aromatic carbocycles. The van der Waals surface area contributed by atoms with Crippen LogP contribution in [0.5, 0.6) is 5.75 Å². The summed E-state index contributed by atoms with van der Waals surface area (Å²) in [5.74, 6) is -0.647. The minimum Gasteiger partial charge on any atom is -0.422 e. The van der Waals surface area contributed by atoms with Crippen molar-refractivity contribution in [1.82, 2.24) is 4.72 Å². The molecule has 0 spiro atoms. The van der Waals surface area contributed by atoms with Gasteiger partial charge < -0.3 is 4.74 Å². The van der Waals surface area contributed by atoms with Gasteiger partial charge in [-0.15, -0.1) is 0 Å². The van der Waals surface area contributed by atoms with Crippen molar-refractivity contribution in [2.45, 2.75) is 31.6 Å². The molecule has 0 unspecified atom stereocenters. The Morgan fingerprint density at radius 1 is 1.35 bits per heavy atom. The van der Waals surface area contributed by atoms with Crippen molar-refractivity contribution in [2.24, 2.45) is 0 Å². The summed E-state index contributed by atoms with van der Waals surface area (Å²) in [7, 11) is -3.69. The number of hydrogen-bond acceptors (Lipinski definition) is 4. The van der Waals surface area contributed by atoms with Crippen molar-refractivity contribution < 1.29 is 17.9 Å². The second-order valence-corrected chi connectivity index (χ2v) is 6.10. The van der Waals surface area contributed by atoms with Gasteiger partial charge in [0.05, 0.1) is 0 Å². The first-order valence-electron chi connectivity index (χ1n) is 6.35. The van der Waals surface area contributed by atoms with Crippen LogP contribution in [-0.2, 0) is 14.8 Å². The van der Waals surface area contributed by atoms with E-state index in [0.29, 0.717) is 6.54 Å². The molecule has 0 bridgehead atoms. The predicted molar refractivity (Wildman–Crippen MR) is 77.0 cm³/mol. The molecule has 20 heavy (non-hydrogen) atoms. The van der Waals surface area contributed by atoms with E-state index in [1.807, 2.05) is 6.92 Å². The number of esters is 1. The second-order valence-electron chi connectivity index (χ2n) is 4.37. The van der Waals surface area contributed by atoms with E-state index in [1.54, 1.807) is 12.1 Å². The number of carbonyl (C=O) groups excluding carboxylic acids is 1. The predicted octanol–water partition coefficient (Wildman–Crippen LogP) is 2.25. The molecular formula is C14H19NO4S. The smallest absolute Gasteiger partial charge is 0.338 e. The van der Waals surface area contributed by atoms with Gasteiger partial charge in [-0.2, -0.15) is 0 Å². The average Bonchev–Trinajstić information content (AvgIpc) is 2.39. The van der Waals surface area contributed by atoms with E-state index < -0.39 is 16.0 Å². The third kappa shape index (κ3) is 4.47. The first-order valence-corrected chi connectivity index (χ1v) is 7.83. The van der Waals surface area contributed by atoms with Gasteiger partial charge in [0.1, 0.15) is 4.90 Å². The third-order valence-corrected chi connectivity index (χ3v) is 4.01. The Balaban J connectivity index is 3.00. The normalized spacial score (nSPS) is 11.1. The Kier molecular flexibility index (Phi) is 5.91. The van der Waals surface area contributed by atoms with E-state index >= 15 is 0 Å². The van der Waals surface area contributed by atoms with Crippen molar-refractivity contribution in [3.63, 3.8) is 0 Å². The van der Waals surface area contributed by atoms with E-state index in [9.17, 15) is 13.2 Å². The fourth-order valence-corrected chi connectivity index (χ4v) is 2.61. The van der Waals surface area contributed by atoms with Crippen LogP contribution in [0.2, 0.25) is 0 Å². The fraction of sp³-hybridized carbons (Fsp3) is 0.357. The maximum absolute atomic E-state index is 12.2. The van der Waals surface area contributed by atoms with Crippen molar-refractivity contribution in [3.8, 4) is 5.75 Å². The molecule has 0 heterocycles. The molecule has 110 valence electrons. The lowest BCUT2D eigenvalue weighted by molar-refractivity contribution is -0.130. The maximum atomic E-state index is 12.2. The number of benzene rings is 1. The summed E-state index contributed by atoms with van der Waals surface area (Å²) in [6, 6.07) is 6.02. The number of unbranched alkanes of at least 4 members (excludes halogenated alkanes) is 1. The van der Waals surface area contributed by atoms with Crippen molar-refractivity contribution in [2.75, 3.05) is 6.54 Å². The molecule has 0 saturated heterocycles. The molecule has 6 heteroatoms. The zero-order valence-corrected chi connectivity index (χ0v) is 12.5. The molecule has 0 amide bonds. The summed E-state index contributed by atoms with van der Waals surface area (Å²) in [5.41, 5.74) is 0.205. The Bertz CT molecular complexity index is 593. The van der Waals surface area contributed by atoms with Gasteiger partial charge in [-0.3, -0.25) is 0 Å². The first kappa shape index (κ1) is 16.4. The van der Waals surface area contributed by atoms with E-state index in [-0.39, 0.29) is 16.2 Å². The second kappa shape index (κ2) is 7.21. The highest BCUT2D eigenvalue weighted by molar-refractivity contribution is 7.89. The minimum absolute atomic E-state index is 0.00417. The number of rotatable bonds is 7. The molecule has 0 atom stereocenters. The van der Waals surface area contributed by atoms with Crippen molar-refractivity contribution >= 4 is 16.0 Å². The Morgan fingerprint density at radius 3 is 2.60 bits per heavy atom. The van der Waals surface area contributed by atoms with Gasteiger partial charge in [-0.05, 0) is 25.5 Å². The molecule has 0 radical (unpaired) electrons. The maximum Gasteiger partial charge on any atom is 0.338 e. The molecule has 5 nitrogen and oxygen atoms in total. The molecule has 1 N–H and O–H groups in total. The van der Waals surface area contributed by atoms with Gasteiger partial charge in [0, 0.05) is 12.1 Å². The van der Waals surface area contributed by atoms with Crippen LogP contribution in [0, 0.1) is 0 Å². The Morgan fingerprint density at radius 2 is 2.00 bits per heavy atom. The topological polar surface area (TPSA) is 72.5 Å². The van der Waals surface area contributed by atoms with Crippen LogP contribution in [0.4, 0.5) is 0 Å². The van der Waals surface area contributed by atoms with Crippen LogP contribution in [-0.4, -0.2) is 20.9 Å². The molecule has 0 aliphatic heterocycles. The molecule has 1 rings (SSSR count). The highest BCUT2D eigenvalue weighted by atomic mass is 32.2. The highest BCUT2D eigenvalue weighted by Crippen LogP contribution is 2.23. The van der Waals surface area contributed by atoms with Crippen LogP contribution in [0.15, 0.2) is 41.3 Å². The van der Waals surface area contributed by atoms with Crippen molar-refractivity contribution in [3.05, 3.63) is 36.4 Å². The molecule has 0 fully saturated rings. The number of para-hydroxylation sites is 1. The van der Waals surface area contributed by atoms with Crippen LogP contribution in [0.1, 0.15) is 26.7 Å². The van der Waals surface area contributed by atoms with Gasteiger partial charge in [-0.25, -0.2) is 17.9 Å². The molecular weight excluding hydrogens is 278 g/mol.